The maximum Gasteiger partial charge on any atom is 0.123 e. The van der Waals surface area contributed by atoms with Gasteiger partial charge in [0, 0.05) is 34.9 Å². The highest BCUT2D eigenvalue weighted by Crippen LogP contribution is 2.27. The van der Waals surface area contributed by atoms with Gasteiger partial charge in [0.2, 0.25) is 0 Å². The molecular weight excluding hydrogens is 316 g/mol. The summed E-state index contributed by atoms with van der Waals surface area (Å²) in [5.74, 6) is 0.103. The summed E-state index contributed by atoms with van der Waals surface area (Å²) in [7, 11) is 2.20. The molecule has 1 unspecified atom stereocenters. The number of nitrogens with zero attached hydrogens (tertiary/aromatic N) is 2. The Bertz CT molecular complexity index is 489. The van der Waals surface area contributed by atoms with Crippen molar-refractivity contribution >= 4 is 27.5 Å². The van der Waals surface area contributed by atoms with Crippen molar-refractivity contribution in [3.05, 3.63) is 28.2 Å². The summed E-state index contributed by atoms with van der Waals surface area (Å²) in [6, 6.07) is 6.64. The highest BCUT2D eigenvalue weighted by Gasteiger charge is 2.22. The van der Waals surface area contributed by atoms with Crippen molar-refractivity contribution in [3.63, 3.8) is 0 Å². The number of likely N-dealkylation sites (N-methyl/N-ethyl adjacent to an activating group) is 1. The molecule has 1 atom stereocenters. The number of amidine groups is 1. The lowest BCUT2D eigenvalue weighted by Gasteiger charge is -2.32. The van der Waals surface area contributed by atoms with Crippen molar-refractivity contribution in [1.29, 1.82) is 5.41 Å². The molecule has 1 aliphatic rings. The first-order valence-corrected chi connectivity index (χ1v) is 7.91. The van der Waals surface area contributed by atoms with Crippen LogP contribution in [0.15, 0.2) is 22.7 Å². The molecule has 0 radical (unpaired) electrons. The SMILES string of the molecule is CCC1CN(C)CCCN1c1ccc(C(=N)N)c(Br)c1. The van der Waals surface area contributed by atoms with Crippen LogP contribution in [0.3, 0.4) is 0 Å². The fourth-order valence-corrected chi connectivity index (χ4v) is 3.41. The molecule has 1 fully saturated rings. The third kappa shape index (κ3) is 3.33. The first-order chi connectivity index (χ1) is 9.52. The van der Waals surface area contributed by atoms with Crippen LogP contribution in [0.25, 0.3) is 0 Å². The molecule has 5 heteroatoms. The molecule has 0 aromatic heterocycles. The van der Waals surface area contributed by atoms with Crippen LogP contribution >= 0.6 is 15.9 Å². The smallest absolute Gasteiger partial charge is 0.123 e. The summed E-state index contributed by atoms with van der Waals surface area (Å²) in [6.45, 7) is 5.58. The average Bonchev–Trinajstić information content (AvgIpc) is 2.59. The van der Waals surface area contributed by atoms with Crippen LogP contribution in [0.4, 0.5) is 5.69 Å². The van der Waals surface area contributed by atoms with E-state index in [4.69, 9.17) is 11.1 Å². The monoisotopic (exact) mass is 338 g/mol. The summed E-state index contributed by atoms with van der Waals surface area (Å²) >= 11 is 3.53. The summed E-state index contributed by atoms with van der Waals surface area (Å²) in [4.78, 5) is 4.89. The van der Waals surface area contributed by atoms with Crippen molar-refractivity contribution in [2.24, 2.45) is 5.73 Å². The second kappa shape index (κ2) is 6.59. The number of nitrogens with two attached hydrogens (primary N) is 1. The molecule has 110 valence electrons. The summed E-state index contributed by atoms with van der Waals surface area (Å²) in [5, 5.41) is 7.56. The standard InChI is InChI=1S/C15H23BrN4/c1-3-11-10-19(2)7-4-8-20(11)12-5-6-13(15(17)18)14(16)9-12/h5-6,9,11H,3-4,7-8,10H2,1-2H3,(H3,17,18). The normalized spacial score (nSPS) is 20.8. The summed E-state index contributed by atoms with van der Waals surface area (Å²) in [6.07, 6.45) is 2.31. The Balaban J connectivity index is 2.28. The minimum absolute atomic E-state index is 0.103. The highest BCUT2D eigenvalue weighted by atomic mass is 79.9. The average molecular weight is 339 g/mol. The molecule has 0 aliphatic carbocycles. The number of anilines is 1. The van der Waals surface area contributed by atoms with E-state index in [-0.39, 0.29) is 5.84 Å². The number of nitrogens with one attached hydrogen (secondary N) is 1. The van der Waals surface area contributed by atoms with E-state index < -0.39 is 0 Å². The van der Waals surface area contributed by atoms with E-state index in [9.17, 15) is 0 Å². The minimum atomic E-state index is 0.103. The quantitative estimate of drug-likeness (QED) is 0.658. The maximum atomic E-state index is 7.56. The van der Waals surface area contributed by atoms with Crippen LogP contribution < -0.4 is 10.6 Å². The van der Waals surface area contributed by atoms with E-state index in [0.29, 0.717) is 6.04 Å². The zero-order chi connectivity index (χ0) is 14.7. The molecule has 0 spiro atoms. The van der Waals surface area contributed by atoms with Gasteiger partial charge in [-0.05, 0) is 60.6 Å². The highest BCUT2D eigenvalue weighted by molar-refractivity contribution is 9.10. The van der Waals surface area contributed by atoms with Crippen LogP contribution in [0.5, 0.6) is 0 Å². The maximum absolute atomic E-state index is 7.56. The van der Waals surface area contributed by atoms with E-state index in [1.807, 2.05) is 6.07 Å². The van der Waals surface area contributed by atoms with Crippen molar-refractivity contribution in [1.82, 2.24) is 4.90 Å². The summed E-state index contributed by atoms with van der Waals surface area (Å²) < 4.78 is 0.898. The number of hydrogen-bond acceptors (Lipinski definition) is 3. The lowest BCUT2D eigenvalue weighted by atomic mass is 10.1. The predicted molar refractivity (Wildman–Crippen MR) is 88.7 cm³/mol. The van der Waals surface area contributed by atoms with Gasteiger partial charge in [0.25, 0.3) is 0 Å². The first kappa shape index (κ1) is 15.3. The fraction of sp³-hybridized carbons (Fsp3) is 0.533. The fourth-order valence-electron chi connectivity index (χ4n) is 2.83. The van der Waals surface area contributed by atoms with Crippen molar-refractivity contribution in [2.45, 2.75) is 25.8 Å². The molecular formula is C15H23BrN4. The topological polar surface area (TPSA) is 56.4 Å². The Morgan fingerprint density at radius 2 is 2.20 bits per heavy atom. The van der Waals surface area contributed by atoms with Gasteiger partial charge in [0.15, 0.2) is 0 Å². The number of rotatable bonds is 3. The van der Waals surface area contributed by atoms with E-state index >= 15 is 0 Å². The second-order valence-electron chi connectivity index (χ2n) is 5.45. The lowest BCUT2D eigenvalue weighted by Crippen LogP contribution is -2.39. The van der Waals surface area contributed by atoms with Gasteiger partial charge in [0.05, 0.1) is 0 Å². The number of halogens is 1. The number of hydrogen-bond donors (Lipinski definition) is 2. The Labute approximate surface area is 129 Å². The van der Waals surface area contributed by atoms with Crippen LogP contribution in [-0.2, 0) is 0 Å². The zero-order valence-electron chi connectivity index (χ0n) is 12.2. The van der Waals surface area contributed by atoms with E-state index in [2.05, 4.69) is 51.8 Å². The Hall–Kier alpha value is -1.07. The predicted octanol–water partition coefficient (Wildman–Crippen LogP) is 2.65. The van der Waals surface area contributed by atoms with Gasteiger partial charge in [-0.25, -0.2) is 0 Å². The Kier molecular flexibility index (Phi) is 5.05. The van der Waals surface area contributed by atoms with Crippen LogP contribution in [-0.4, -0.2) is 43.5 Å². The van der Waals surface area contributed by atoms with Crippen LogP contribution in [0.1, 0.15) is 25.3 Å². The van der Waals surface area contributed by atoms with Gasteiger partial charge in [-0.1, -0.05) is 6.92 Å². The zero-order valence-corrected chi connectivity index (χ0v) is 13.8. The molecule has 1 aliphatic heterocycles. The van der Waals surface area contributed by atoms with E-state index in [1.54, 1.807) is 0 Å². The number of nitrogen functional groups attached to an aromatic ring is 1. The van der Waals surface area contributed by atoms with Crippen molar-refractivity contribution < 1.29 is 0 Å². The molecule has 1 heterocycles. The van der Waals surface area contributed by atoms with Gasteiger partial charge in [-0.3, -0.25) is 5.41 Å². The van der Waals surface area contributed by atoms with Gasteiger partial charge in [0.1, 0.15) is 5.84 Å². The van der Waals surface area contributed by atoms with Crippen molar-refractivity contribution in [3.8, 4) is 0 Å². The van der Waals surface area contributed by atoms with Crippen LogP contribution in [0.2, 0.25) is 0 Å². The molecule has 1 saturated heterocycles. The molecule has 0 amide bonds. The molecule has 1 aromatic rings. The molecule has 0 saturated carbocycles. The minimum Gasteiger partial charge on any atom is -0.384 e. The van der Waals surface area contributed by atoms with Crippen LogP contribution in [0, 0.1) is 5.41 Å². The van der Waals surface area contributed by atoms with Gasteiger partial charge in [-0.15, -0.1) is 0 Å². The van der Waals surface area contributed by atoms with E-state index in [0.717, 1.165) is 36.1 Å². The van der Waals surface area contributed by atoms with Gasteiger partial charge >= 0.3 is 0 Å². The molecule has 4 nitrogen and oxygen atoms in total. The van der Waals surface area contributed by atoms with Gasteiger partial charge < -0.3 is 15.5 Å². The number of benzene rings is 1. The largest absolute Gasteiger partial charge is 0.384 e. The lowest BCUT2D eigenvalue weighted by molar-refractivity contribution is 0.328. The van der Waals surface area contributed by atoms with Gasteiger partial charge in [-0.2, -0.15) is 0 Å². The third-order valence-electron chi connectivity index (χ3n) is 3.95. The molecule has 2 rings (SSSR count). The molecule has 3 N–H and O–H groups in total. The second-order valence-corrected chi connectivity index (χ2v) is 6.30. The third-order valence-corrected chi connectivity index (χ3v) is 4.60. The first-order valence-electron chi connectivity index (χ1n) is 7.12. The Morgan fingerprint density at radius 1 is 1.45 bits per heavy atom. The molecule has 20 heavy (non-hydrogen) atoms. The van der Waals surface area contributed by atoms with Crippen molar-refractivity contribution in [2.75, 3.05) is 31.6 Å². The summed E-state index contributed by atoms with van der Waals surface area (Å²) in [5.41, 5.74) is 7.54. The molecule has 1 aromatic carbocycles. The Morgan fingerprint density at radius 3 is 2.80 bits per heavy atom. The molecule has 0 bridgehead atoms. The van der Waals surface area contributed by atoms with E-state index in [1.165, 1.54) is 12.1 Å².